The standard InChI is InChI=1S/C24H20N4O6/c1-2-15-6-3-4-9-19(15)25-22(29)14-27-23(30)20(26-24(27)31)13-18-10-11-21(34-18)16-7-5-8-17(12-16)28(32)33/h3-13H,2,14H2,1H3,(H,25,29)(H,26,31)/b20-13+. The number of non-ortho nitro benzene ring substituents is 1. The van der Waals surface area contributed by atoms with E-state index in [2.05, 4.69) is 10.6 Å². The molecular formula is C24H20N4O6. The number of carbonyl (C=O) groups excluding carboxylic acids is 3. The second kappa shape index (κ2) is 9.41. The van der Waals surface area contributed by atoms with Gasteiger partial charge in [-0.1, -0.05) is 37.3 Å². The van der Waals surface area contributed by atoms with Crippen LogP contribution in [0.15, 0.2) is 70.8 Å². The lowest BCUT2D eigenvalue weighted by atomic mass is 10.1. The average Bonchev–Trinajstić information content (AvgIpc) is 3.40. The summed E-state index contributed by atoms with van der Waals surface area (Å²) in [7, 11) is 0. The average molecular weight is 460 g/mol. The molecule has 10 heteroatoms. The van der Waals surface area contributed by atoms with Gasteiger partial charge in [0.05, 0.1) is 4.92 Å². The number of aryl methyl sites for hydroxylation is 1. The van der Waals surface area contributed by atoms with Gasteiger partial charge in [0.1, 0.15) is 23.8 Å². The number of imide groups is 1. The second-order valence-corrected chi connectivity index (χ2v) is 7.45. The van der Waals surface area contributed by atoms with Crippen LogP contribution < -0.4 is 10.6 Å². The van der Waals surface area contributed by atoms with Crippen molar-refractivity contribution in [3.05, 3.63) is 87.8 Å². The minimum atomic E-state index is -0.722. The first-order chi connectivity index (χ1) is 16.4. The first kappa shape index (κ1) is 22.5. The third-order valence-corrected chi connectivity index (χ3v) is 5.19. The largest absolute Gasteiger partial charge is 0.457 e. The maximum absolute atomic E-state index is 12.7. The summed E-state index contributed by atoms with van der Waals surface area (Å²) in [4.78, 5) is 48.7. The number of nitrogens with zero attached hydrogens (tertiary/aromatic N) is 2. The van der Waals surface area contributed by atoms with E-state index in [0.717, 1.165) is 10.5 Å². The van der Waals surface area contributed by atoms with Crippen LogP contribution in [-0.2, 0) is 16.0 Å². The van der Waals surface area contributed by atoms with Gasteiger partial charge in [-0.3, -0.25) is 19.7 Å². The van der Waals surface area contributed by atoms with Crippen molar-refractivity contribution in [1.29, 1.82) is 0 Å². The molecule has 1 aromatic heterocycles. The Balaban J connectivity index is 1.46. The molecule has 2 aromatic carbocycles. The van der Waals surface area contributed by atoms with Gasteiger partial charge in [0.2, 0.25) is 5.91 Å². The van der Waals surface area contributed by atoms with Crippen LogP contribution in [0.1, 0.15) is 18.2 Å². The molecule has 0 spiro atoms. The van der Waals surface area contributed by atoms with Crippen molar-refractivity contribution in [3.63, 3.8) is 0 Å². The summed E-state index contributed by atoms with van der Waals surface area (Å²) in [5.74, 6) is -0.555. The van der Waals surface area contributed by atoms with Crippen molar-refractivity contribution in [3.8, 4) is 11.3 Å². The first-order valence-electron chi connectivity index (χ1n) is 10.4. The van der Waals surface area contributed by atoms with E-state index in [1.807, 2.05) is 19.1 Å². The van der Waals surface area contributed by atoms with Crippen LogP contribution in [0.25, 0.3) is 17.4 Å². The fourth-order valence-electron chi connectivity index (χ4n) is 3.50. The van der Waals surface area contributed by atoms with Crippen LogP contribution in [0, 0.1) is 10.1 Å². The summed E-state index contributed by atoms with van der Waals surface area (Å²) in [6.07, 6.45) is 2.05. The number of hydrogen-bond donors (Lipinski definition) is 2. The van der Waals surface area contributed by atoms with Crippen LogP contribution in [0.5, 0.6) is 0 Å². The predicted octanol–water partition coefficient (Wildman–Crippen LogP) is 3.95. The Bertz CT molecular complexity index is 1330. The second-order valence-electron chi connectivity index (χ2n) is 7.45. The molecule has 0 atom stereocenters. The molecule has 4 rings (SSSR count). The zero-order valence-electron chi connectivity index (χ0n) is 18.1. The van der Waals surface area contributed by atoms with Gasteiger partial charge in [0, 0.05) is 29.5 Å². The molecule has 1 aliphatic heterocycles. The SMILES string of the molecule is CCc1ccccc1NC(=O)CN1C(=O)N/C(=C/c2ccc(-c3cccc([N+](=O)[O-])c3)o2)C1=O. The molecule has 2 heterocycles. The lowest BCUT2D eigenvalue weighted by Crippen LogP contribution is -2.38. The van der Waals surface area contributed by atoms with Gasteiger partial charge in [-0.15, -0.1) is 0 Å². The number of hydrogen-bond acceptors (Lipinski definition) is 6. The highest BCUT2D eigenvalue weighted by molar-refractivity contribution is 6.15. The molecule has 0 unspecified atom stereocenters. The number of nitro benzene ring substituents is 1. The van der Waals surface area contributed by atoms with E-state index >= 15 is 0 Å². The maximum Gasteiger partial charge on any atom is 0.329 e. The Morgan fingerprint density at radius 2 is 1.94 bits per heavy atom. The molecule has 10 nitrogen and oxygen atoms in total. The third kappa shape index (κ3) is 4.70. The van der Waals surface area contributed by atoms with Gasteiger partial charge in [-0.25, -0.2) is 9.69 Å². The van der Waals surface area contributed by atoms with Gasteiger partial charge in [-0.05, 0) is 30.2 Å². The van der Waals surface area contributed by atoms with E-state index in [9.17, 15) is 24.5 Å². The lowest BCUT2D eigenvalue weighted by Gasteiger charge is -2.13. The van der Waals surface area contributed by atoms with Crippen molar-refractivity contribution < 1.29 is 23.7 Å². The molecule has 1 fully saturated rings. The van der Waals surface area contributed by atoms with Gasteiger partial charge in [-0.2, -0.15) is 0 Å². The quantitative estimate of drug-likeness (QED) is 0.237. The van der Waals surface area contributed by atoms with Crippen LogP contribution in [0.2, 0.25) is 0 Å². The Morgan fingerprint density at radius 1 is 1.15 bits per heavy atom. The van der Waals surface area contributed by atoms with Crippen LogP contribution >= 0.6 is 0 Å². The zero-order valence-corrected chi connectivity index (χ0v) is 18.1. The van der Waals surface area contributed by atoms with Crippen molar-refractivity contribution in [1.82, 2.24) is 10.2 Å². The van der Waals surface area contributed by atoms with Gasteiger partial charge >= 0.3 is 6.03 Å². The van der Waals surface area contributed by atoms with Gasteiger partial charge in [0.15, 0.2) is 0 Å². The Kier molecular flexibility index (Phi) is 6.22. The fraction of sp³-hybridized carbons (Fsp3) is 0.125. The van der Waals surface area contributed by atoms with Crippen LogP contribution in [0.4, 0.5) is 16.2 Å². The van der Waals surface area contributed by atoms with Crippen molar-refractivity contribution >= 4 is 35.3 Å². The number of nitrogens with one attached hydrogen (secondary N) is 2. The number of benzene rings is 2. The van der Waals surface area contributed by atoms with E-state index in [0.29, 0.717) is 23.4 Å². The minimum Gasteiger partial charge on any atom is -0.457 e. The van der Waals surface area contributed by atoms with Crippen LogP contribution in [0.3, 0.4) is 0 Å². The van der Waals surface area contributed by atoms with Crippen LogP contribution in [-0.4, -0.2) is 34.2 Å². The van der Waals surface area contributed by atoms with Crippen molar-refractivity contribution in [2.75, 3.05) is 11.9 Å². The Morgan fingerprint density at radius 3 is 2.71 bits per heavy atom. The monoisotopic (exact) mass is 460 g/mol. The van der Waals surface area contributed by atoms with E-state index in [1.54, 1.807) is 30.3 Å². The molecule has 0 aliphatic carbocycles. The van der Waals surface area contributed by atoms with Crippen molar-refractivity contribution in [2.45, 2.75) is 13.3 Å². The number of amides is 4. The van der Waals surface area contributed by atoms with E-state index in [-0.39, 0.29) is 17.1 Å². The highest BCUT2D eigenvalue weighted by atomic mass is 16.6. The third-order valence-electron chi connectivity index (χ3n) is 5.19. The molecule has 4 amide bonds. The van der Waals surface area contributed by atoms with Gasteiger partial charge in [0.25, 0.3) is 11.6 Å². The highest BCUT2D eigenvalue weighted by Gasteiger charge is 2.35. The summed E-state index contributed by atoms with van der Waals surface area (Å²) >= 11 is 0. The molecule has 1 aliphatic rings. The summed E-state index contributed by atoms with van der Waals surface area (Å²) in [5, 5.41) is 16.1. The topological polar surface area (TPSA) is 135 Å². The number of para-hydroxylation sites is 1. The number of urea groups is 1. The predicted molar refractivity (Wildman–Crippen MR) is 123 cm³/mol. The number of nitro groups is 1. The lowest BCUT2D eigenvalue weighted by molar-refractivity contribution is -0.384. The Labute approximate surface area is 194 Å². The molecular weight excluding hydrogens is 440 g/mol. The van der Waals surface area contributed by atoms with Gasteiger partial charge < -0.3 is 15.1 Å². The first-order valence-corrected chi connectivity index (χ1v) is 10.4. The highest BCUT2D eigenvalue weighted by Crippen LogP contribution is 2.27. The summed E-state index contributed by atoms with van der Waals surface area (Å²) in [6, 6.07) is 15.7. The molecule has 172 valence electrons. The molecule has 3 aromatic rings. The number of furan rings is 1. The maximum atomic E-state index is 12.7. The molecule has 2 N–H and O–H groups in total. The van der Waals surface area contributed by atoms with Crippen molar-refractivity contribution in [2.24, 2.45) is 0 Å². The van der Waals surface area contributed by atoms with E-state index < -0.39 is 29.3 Å². The molecule has 0 bridgehead atoms. The van der Waals surface area contributed by atoms with E-state index in [1.165, 1.54) is 24.3 Å². The molecule has 0 saturated carbocycles. The Hall–Kier alpha value is -4.73. The molecule has 34 heavy (non-hydrogen) atoms. The summed E-state index contributed by atoms with van der Waals surface area (Å²) < 4.78 is 5.67. The number of anilines is 1. The summed E-state index contributed by atoms with van der Waals surface area (Å²) in [5.41, 5.74) is 1.92. The normalized spacial score (nSPS) is 14.4. The smallest absolute Gasteiger partial charge is 0.329 e. The zero-order chi connectivity index (χ0) is 24.2. The fourth-order valence-corrected chi connectivity index (χ4v) is 3.50. The minimum absolute atomic E-state index is 0.0494. The van der Waals surface area contributed by atoms with E-state index in [4.69, 9.17) is 4.42 Å². The number of rotatable bonds is 7. The molecule has 1 saturated heterocycles. The number of carbonyl (C=O) groups is 3. The molecule has 0 radical (unpaired) electrons. The summed E-state index contributed by atoms with van der Waals surface area (Å²) in [6.45, 7) is 1.51.